The first-order valence-electron chi connectivity index (χ1n) is 6.77. The summed E-state index contributed by atoms with van der Waals surface area (Å²) in [6.45, 7) is 1.98. The van der Waals surface area contributed by atoms with Crippen LogP contribution < -0.4 is 15.9 Å². The fourth-order valence-corrected chi connectivity index (χ4v) is 2.11. The number of carbonyl (C=O) groups is 1. The van der Waals surface area contributed by atoms with Gasteiger partial charge in [-0.05, 0) is 12.1 Å². The molecule has 1 aromatic rings. The number of carbonyl (C=O) groups excluding carboxylic acids is 1. The highest BCUT2D eigenvalue weighted by Crippen LogP contribution is 2.22. The van der Waals surface area contributed by atoms with Crippen molar-refractivity contribution >= 4 is 34.5 Å². The van der Waals surface area contributed by atoms with Crippen molar-refractivity contribution < 1.29 is 14.3 Å². The number of hydrogen-bond acceptors (Lipinski definition) is 6. The van der Waals surface area contributed by atoms with Crippen molar-refractivity contribution in [2.45, 2.75) is 0 Å². The van der Waals surface area contributed by atoms with Crippen LogP contribution in [0.4, 0.5) is 5.69 Å². The number of hydrazone groups is 1. The summed E-state index contributed by atoms with van der Waals surface area (Å²) < 4.78 is 10.4. The number of para-hydroxylation sites is 2. The molecule has 1 aliphatic heterocycles. The van der Waals surface area contributed by atoms with Crippen molar-refractivity contribution in [3.63, 3.8) is 0 Å². The van der Waals surface area contributed by atoms with Crippen LogP contribution >= 0.6 is 12.2 Å². The Morgan fingerprint density at radius 3 is 2.73 bits per heavy atom. The molecular weight excluding hydrogens is 304 g/mol. The molecule has 1 amide bonds. The Labute approximate surface area is 134 Å². The van der Waals surface area contributed by atoms with Crippen LogP contribution in [-0.4, -0.2) is 54.9 Å². The van der Waals surface area contributed by atoms with Crippen LogP contribution in [0, 0.1) is 0 Å². The van der Waals surface area contributed by atoms with Gasteiger partial charge in [-0.1, -0.05) is 24.4 Å². The molecule has 0 bridgehead atoms. The average Bonchev–Trinajstić information content (AvgIpc) is 2.55. The van der Waals surface area contributed by atoms with Gasteiger partial charge in [-0.3, -0.25) is 10.2 Å². The summed E-state index contributed by atoms with van der Waals surface area (Å²) in [6, 6.07) is 7.21. The second-order valence-electron chi connectivity index (χ2n) is 4.54. The van der Waals surface area contributed by atoms with E-state index in [0.29, 0.717) is 37.7 Å². The lowest BCUT2D eigenvalue weighted by Crippen LogP contribution is -2.47. The summed E-state index contributed by atoms with van der Waals surface area (Å²) in [5, 5.41) is 4.07. The maximum Gasteiger partial charge on any atom is 0.277 e. The third-order valence-electron chi connectivity index (χ3n) is 3.13. The molecule has 0 atom stereocenters. The first-order chi connectivity index (χ1) is 10.6. The highest BCUT2D eigenvalue weighted by Gasteiger charge is 2.24. The topological polar surface area (TPSA) is 89.2 Å². The molecule has 1 aromatic carbocycles. The standard InChI is InChI=1S/C14H18N4O3S/c1-20-11-5-3-2-4-10(11)16-17-12(13(15)22)14(19)18-6-8-21-9-7-18/h2-5,16H,6-9H2,1H3,(H2,15,22)/b17-12+. The van der Waals surface area contributed by atoms with E-state index in [9.17, 15) is 4.79 Å². The van der Waals surface area contributed by atoms with E-state index >= 15 is 0 Å². The quantitative estimate of drug-likeness (QED) is 0.469. The molecule has 2 rings (SSSR count). The van der Waals surface area contributed by atoms with Gasteiger partial charge in [0.15, 0.2) is 5.71 Å². The summed E-state index contributed by atoms with van der Waals surface area (Å²) in [6.07, 6.45) is 0. The third-order valence-corrected chi connectivity index (χ3v) is 3.32. The summed E-state index contributed by atoms with van der Waals surface area (Å²) in [4.78, 5) is 14.0. The SMILES string of the molecule is COc1ccccc1N/N=C(/C(=O)N1CCOCC1)C(N)=S. The van der Waals surface area contributed by atoms with Gasteiger partial charge in [-0.15, -0.1) is 0 Å². The number of ether oxygens (including phenoxy) is 2. The summed E-state index contributed by atoms with van der Waals surface area (Å²) in [5.41, 5.74) is 9.05. The third kappa shape index (κ3) is 3.92. The number of morpholine rings is 1. The van der Waals surface area contributed by atoms with Gasteiger partial charge in [-0.25, -0.2) is 0 Å². The molecule has 1 saturated heterocycles. The van der Waals surface area contributed by atoms with E-state index < -0.39 is 0 Å². The van der Waals surface area contributed by atoms with Crippen molar-refractivity contribution in [1.29, 1.82) is 0 Å². The van der Waals surface area contributed by atoms with Crippen LogP contribution in [0.15, 0.2) is 29.4 Å². The number of nitrogens with two attached hydrogens (primary N) is 1. The molecule has 1 fully saturated rings. The number of anilines is 1. The highest BCUT2D eigenvalue weighted by atomic mass is 32.1. The summed E-state index contributed by atoms with van der Waals surface area (Å²) in [7, 11) is 1.55. The van der Waals surface area contributed by atoms with Crippen LogP contribution in [0.3, 0.4) is 0 Å². The Hall–Kier alpha value is -2.19. The Kier molecular flexibility index (Phi) is 5.68. The zero-order chi connectivity index (χ0) is 15.9. The molecule has 7 nitrogen and oxygen atoms in total. The lowest BCUT2D eigenvalue weighted by Gasteiger charge is -2.26. The van der Waals surface area contributed by atoms with Crippen molar-refractivity contribution in [3.05, 3.63) is 24.3 Å². The molecular formula is C14H18N4O3S. The van der Waals surface area contributed by atoms with Gasteiger partial charge in [-0.2, -0.15) is 5.10 Å². The second-order valence-corrected chi connectivity index (χ2v) is 4.98. The Bertz CT molecular complexity index is 585. The normalized spacial score (nSPS) is 15.3. The molecule has 1 aliphatic rings. The molecule has 0 aliphatic carbocycles. The number of amides is 1. The molecule has 118 valence electrons. The van der Waals surface area contributed by atoms with E-state index in [1.54, 1.807) is 24.1 Å². The Balaban J connectivity index is 2.16. The molecule has 1 heterocycles. The van der Waals surface area contributed by atoms with Gasteiger partial charge < -0.3 is 20.1 Å². The van der Waals surface area contributed by atoms with E-state index in [1.165, 1.54) is 0 Å². The fraction of sp³-hybridized carbons (Fsp3) is 0.357. The van der Waals surface area contributed by atoms with Crippen LogP contribution in [0.25, 0.3) is 0 Å². The first-order valence-corrected chi connectivity index (χ1v) is 7.18. The summed E-state index contributed by atoms with van der Waals surface area (Å²) in [5.74, 6) is 0.297. The van der Waals surface area contributed by atoms with Crippen LogP contribution in [0.5, 0.6) is 5.75 Å². The maximum absolute atomic E-state index is 12.4. The fourth-order valence-electron chi connectivity index (χ4n) is 1.98. The Morgan fingerprint density at radius 2 is 2.09 bits per heavy atom. The minimum absolute atomic E-state index is 0.0165. The van der Waals surface area contributed by atoms with Crippen LogP contribution in [-0.2, 0) is 9.53 Å². The predicted molar refractivity (Wildman–Crippen MR) is 88.2 cm³/mol. The smallest absolute Gasteiger partial charge is 0.277 e. The zero-order valence-corrected chi connectivity index (χ0v) is 13.1. The zero-order valence-electron chi connectivity index (χ0n) is 12.2. The van der Waals surface area contributed by atoms with Crippen molar-refractivity contribution in [2.75, 3.05) is 38.8 Å². The van der Waals surface area contributed by atoms with Gasteiger partial charge in [0.2, 0.25) is 0 Å². The number of methoxy groups -OCH3 is 1. The van der Waals surface area contributed by atoms with Crippen molar-refractivity contribution in [3.8, 4) is 5.75 Å². The monoisotopic (exact) mass is 322 g/mol. The van der Waals surface area contributed by atoms with Crippen molar-refractivity contribution in [2.24, 2.45) is 10.8 Å². The van der Waals surface area contributed by atoms with Crippen LogP contribution in [0.2, 0.25) is 0 Å². The largest absolute Gasteiger partial charge is 0.495 e. The van der Waals surface area contributed by atoms with Gasteiger partial charge in [0.25, 0.3) is 5.91 Å². The van der Waals surface area contributed by atoms with E-state index in [0.717, 1.165) is 0 Å². The van der Waals surface area contributed by atoms with E-state index in [-0.39, 0.29) is 16.6 Å². The van der Waals surface area contributed by atoms with E-state index in [2.05, 4.69) is 10.5 Å². The Morgan fingerprint density at radius 1 is 1.41 bits per heavy atom. The number of rotatable bonds is 5. The van der Waals surface area contributed by atoms with Gasteiger partial charge >= 0.3 is 0 Å². The molecule has 0 spiro atoms. The first kappa shape index (κ1) is 16.2. The number of benzene rings is 1. The maximum atomic E-state index is 12.4. The summed E-state index contributed by atoms with van der Waals surface area (Å²) >= 11 is 4.94. The predicted octanol–water partition coefficient (Wildman–Crippen LogP) is 0.608. The lowest BCUT2D eigenvalue weighted by atomic mass is 10.3. The molecule has 3 N–H and O–H groups in total. The molecule has 8 heteroatoms. The van der Waals surface area contributed by atoms with Gasteiger partial charge in [0.05, 0.1) is 26.0 Å². The van der Waals surface area contributed by atoms with Gasteiger partial charge in [0, 0.05) is 13.1 Å². The van der Waals surface area contributed by atoms with Crippen molar-refractivity contribution in [1.82, 2.24) is 4.90 Å². The number of nitrogens with one attached hydrogen (secondary N) is 1. The number of thiocarbonyl (C=S) groups is 1. The number of nitrogens with zero attached hydrogens (tertiary/aromatic N) is 2. The van der Waals surface area contributed by atoms with E-state index in [4.69, 9.17) is 27.4 Å². The molecule has 0 aromatic heterocycles. The highest BCUT2D eigenvalue weighted by molar-refractivity contribution is 7.82. The molecule has 0 unspecified atom stereocenters. The van der Waals surface area contributed by atoms with Gasteiger partial charge in [0.1, 0.15) is 10.7 Å². The number of hydrogen-bond donors (Lipinski definition) is 2. The van der Waals surface area contributed by atoms with Crippen LogP contribution in [0.1, 0.15) is 0 Å². The average molecular weight is 322 g/mol. The van der Waals surface area contributed by atoms with E-state index in [1.807, 2.05) is 12.1 Å². The minimum Gasteiger partial charge on any atom is -0.495 e. The second kappa shape index (κ2) is 7.71. The lowest BCUT2D eigenvalue weighted by molar-refractivity contribution is -0.127. The molecule has 22 heavy (non-hydrogen) atoms. The molecule has 0 radical (unpaired) electrons. The minimum atomic E-state index is -0.307. The molecule has 0 saturated carbocycles.